The molecule has 0 saturated carbocycles. The summed E-state index contributed by atoms with van der Waals surface area (Å²) in [6, 6.07) is 12.4. The van der Waals surface area contributed by atoms with E-state index in [0.717, 1.165) is 5.56 Å². The summed E-state index contributed by atoms with van der Waals surface area (Å²) in [5, 5.41) is 0.546. The maximum atomic E-state index is 12.8. The molecule has 0 radical (unpaired) electrons. The van der Waals surface area contributed by atoms with E-state index >= 15 is 0 Å². The Hall–Kier alpha value is -2.02. The normalized spacial score (nSPS) is 15.8. The molecular weight excluding hydrogens is 378 g/mol. The van der Waals surface area contributed by atoms with E-state index in [0.29, 0.717) is 31.4 Å². The molecular formula is C18H14ClNO3S2. The molecule has 25 heavy (non-hydrogen) atoms. The summed E-state index contributed by atoms with van der Waals surface area (Å²) in [6.07, 6.45) is 1.76. The summed E-state index contributed by atoms with van der Waals surface area (Å²) in [7, 11) is 3.17. The fraction of sp³-hybridized carbons (Fsp3) is 0.111. The van der Waals surface area contributed by atoms with Crippen LogP contribution in [-0.4, -0.2) is 24.4 Å². The number of amides is 1. The molecule has 1 fully saturated rings. The van der Waals surface area contributed by atoms with Gasteiger partial charge in [0.1, 0.15) is 11.5 Å². The smallest absolute Gasteiger partial charge is 0.270 e. The first-order chi connectivity index (χ1) is 12.0. The molecule has 0 bridgehead atoms. The van der Waals surface area contributed by atoms with Gasteiger partial charge in [-0.25, -0.2) is 0 Å². The second-order valence-corrected chi connectivity index (χ2v) is 7.22. The maximum Gasteiger partial charge on any atom is 0.270 e. The average Bonchev–Trinajstić information content (AvgIpc) is 2.88. The number of carbonyl (C=O) groups excluding carboxylic acids is 1. The van der Waals surface area contributed by atoms with Crippen molar-refractivity contribution >= 4 is 57.6 Å². The summed E-state index contributed by atoms with van der Waals surface area (Å²) in [5.74, 6) is 1.13. The summed E-state index contributed by atoms with van der Waals surface area (Å²) in [5.41, 5.74) is 1.39. The minimum absolute atomic E-state index is 0.192. The van der Waals surface area contributed by atoms with Crippen LogP contribution in [0.5, 0.6) is 11.5 Å². The zero-order valence-electron chi connectivity index (χ0n) is 13.5. The van der Waals surface area contributed by atoms with Crippen molar-refractivity contribution in [1.29, 1.82) is 0 Å². The van der Waals surface area contributed by atoms with Crippen LogP contribution in [0.2, 0.25) is 5.02 Å². The molecule has 1 aliphatic rings. The minimum atomic E-state index is -0.192. The van der Waals surface area contributed by atoms with E-state index in [1.165, 1.54) is 16.7 Å². The van der Waals surface area contributed by atoms with Gasteiger partial charge in [-0.05, 0) is 42.5 Å². The molecule has 1 saturated heterocycles. The first-order valence-electron chi connectivity index (χ1n) is 7.29. The molecule has 128 valence electrons. The number of hydrogen-bond acceptors (Lipinski definition) is 5. The average molecular weight is 392 g/mol. The Morgan fingerprint density at radius 3 is 2.64 bits per heavy atom. The number of thiocarbonyl (C=S) groups is 1. The predicted octanol–water partition coefficient (Wildman–Crippen LogP) is 4.76. The van der Waals surface area contributed by atoms with Crippen LogP contribution in [0.3, 0.4) is 0 Å². The van der Waals surface area contributed by atoms with E-state index in [2.05, 4.69) is 0 Å². The van der Waals surface area contributed by atoms with Gasteiger partial charge in [-0.1, -0.05) is 41.6 Å². The van der Waals surface area contributed by atoms with Gasteiger partial charge in [0, 0.05) is 10.6 Å². The Labute approximate surface area is 160 Å². The van der Waals surface area contributed by atoms with E-state index in [1.807, 2.05) is 6.07 Å². The number of nitrogens with zero attached hydrogens (tertiary/aromatic N) is 1. The second kappa shape index (κ2) is 7.47. The first-order valence-corrected chi connectivity index (χ1v) is 8.89. The quantitative estimate of drug-likeness (QED) is 0.554. The van der Waals surface area contributed by atoms with Gasteiger partial charge in [-0.15, -0.1) is 0 Å². The number of carbonyl (C=O) groups is 1. The Morgan fingerprint density at radius 1 is 1.16 bits per heavy atom. The third-order valence-corrected chi connectivity index (χ3v) is 5.12. The van der Waals surface area contributed by atoms with Gasteiger partial charge in [-0.2, -0.15) is 0 Å². The number of benzene rings is 2. The molecule has 0 atom stereocenters. The van der Waals surface area contributed by atoms with Gasteiger partial charge in [0.2, 0.25) is 0 Å². The van der Waals surface area contributed by atoms with Crippen molar-refractivity contribution in [2.45, 2.75) is 0 Å². The number of methoxy groups -OCH3 is 2. The lowest BCUT2D eigenvalue weighted by Gasteiger charge is -2.14. The van der Waals surface area contributed by atoms with Crippen molar-refractivity contribution in [1.82, 2.24) is 0 Å². The van der Waals surface area contributed by atoms with Crippen molar-refractivity contribution in [3.05, 3.63) is 58.0 Å². The van der Waals surface area contributed by atoms with Crippen LogP contribution in [0.1, 0.15) is 5.56 Å². The van der Waals surface area contributed by atoms with Gasteiger partial charge < -0.3 is 9.47 Å². The number of rotatable bonds is 4. The first kappa shape index (κ1) is 17.8. The lowest BCUT2D eigenvalue weighted by molar-refractivity contribution is -0.113. The molecule has 0 aromatic heterocycles. The minimum Gasteiger partial charge on any atom is -0.497 e. The van der Waals surface area contributed by atoms with E-state index in [9.17, 15) is 4.79 Å². The zero-order valence-corrected chi connectivity index (χ0v) is 15.9. The monoisotopic (exact) mass is 391 g/mol. The van der Waals surface area contributed by atoms with Crippen molar-refractivity contribution in [3.8, 4) is 11.5 Å². The van der Waals surface area contributed by atoms with Crippen LogP contribution in [0.25, 0.3) is 6.08 Å². The highest BCUT2D eigenvalue weighted by molar-refractivity contribution is 8.27. The summed E-state index contributed by atoms with van der Waals surface area (Å²) in [6.45, 7) is 0. The lowest BCUT2D eigenvalue weighted by Crippen LogP contribution is -2.27. The topological polar surface area (TPSA) is 38.8 Å². The Morgan fingerprint density at radius 2 is 1.96 bits per heavy atom. The second-order valence-electron chi connectivity index (χ2n) is 5.10. The number of thioether (sulfide) groups is 1. The molecule has 3 rings (SSSR count). The summed E-state index contributed by atoms with van der Waals surface area (Å²) < 4.78 is 11.1. The molecule has 2 aromatic carbocycles. The standard InChI is InChI=1S/C18H14ClNO3S2/c1-22-14-6-7-15(23-2)11(8-14)9-16-17(21)20(18(24)25-16)13-5-3-4-12(19)10-13/h3-10H,1-2H3/b16-9-. The summed E-state index contributed by atoms with van der Waals surface area (Å²) >= 11 is 12.6. The van der Waals surface area contributed by atoms with Gasteiger partial charge in [0.25, 0.3) is 5.91 Å². The Kier molecular flexibility index (Phi) is 5.32. The Balaban J connectivity index is 1.98. The van der Waals surface area contributed by atoms with Crippen molar-refractivity contribution < 1.29 is 14.3 Å². The van der Waals surface area contributed by atoms with E-state index < -0.39 is 0 Å². The molecule has 7 heteroatoms. The van der Waals surface area contributed by atoms with E-state index in [4.69, 9.17) is 33.3 Å². The highest BCUT2D eigenvalue weighted by Crippen LogP contribution is 2.38. The third kappa shape index (κ3) is 3.66. The van der Waals surface area contributed by atoms with Gasteiger partial charge >= 0.3 is 0 Å². The van der Waals surface area contributed by atoms with E-state index in [1.54, 1.807) is 56.7 Å². The largest absolute Gasteiger partial charge is 0.497 e. The van der Waals surface area contributed by atoms with E-state index in [-0.39, 0.29) is 5.91 Å². The molecule has 2 aromatic rings. The van der Waals surface area contributed by atoms with Crippen molar-refractivity contribution in [2.24, 2.45) is 0 Å². The van der Waals surface area contributed by atoms with Crippen LogP contribution in [0, 0.1) is 0 Å². The number of ether oxygens (including phenoxy) is 2. The number of halogens is 1. The van der Waals surface area contributed by atoms with Gasteiger partial charge in [0.15, 0.2) is 4.32 Å². The SMILES string of the molecule is COc1ccc(OC)c(/C=C2\SC(=S)N(c3cccc(Cl)c3)C2=O)c1. The molecule has 1 amide bonds. The number of anilines is 1. The molecule has 0 aliphatic carbocycles. The van der Waals surface area contributed by atoms with Gasteiger partial charge in [0.05, 0.1) is 24.8 Å². The fourth-order valence-electron chi connectivity index (χ4n) is 2.40. The summed E-state index contributed by atoms with van der Waals surface area (Å²) in [4.78, 5) is 14.8. The van der Waals surface area contributed by atoms with Gasteiger partial charge in [-0.3, -0.25) is 9.69 Å². The Bertz CT molecular complexity index is 882. The van der Waals surface area contributed by atoms with Crippen molar-refractivity contribution in [2.75, 3.05) is 19.1 Å². The third-order valence-electron chi connectivity index (χ3n) is 3.58. The molecule has 0 spiro atoms. The molecule has 0 unspecified atom stereocenters. The molecule has 1 heterocycles. The zero-order chi connectivity index (χ0) is 18.0. The highest BCUT2D eigenvalue weighted by atomic mass is 35.5. The molecule has 1 aliphatic heterocycles. The van der Waals surface area contributed by atoms with Crippen LogP contribution in [-0.2, 0) is 4.79 Å². The number of hydrogen-bond donors (Lipinski definition) is 0. The fourth-order valence-corrected chi connectivity index (χ4v) is 3.87. The van der Waals surface area contributed by atoms with Crippen molar-refractivity contribution in [3.63, 3.8) is 0 Å². The predicted molar refractivity (Wildman–Crippen MR) is 107 cm³/mol. The maximum absolute atomic E-state index is 12.8. The van der Waals surface area contributed by atoms with Crippen LogP contribution < -0.4 is 14.4 Å². The van der Waals surface area contributed by atoms with Crippen LogP contribution in [0.15, 0.2) is 47.4 Å². The van der Waals surface area contributed by atoms with Crippen LogP contribution in [0.4, 0.5) is 5.69 Å². The molecule has 4 nitrogen and oxygen atoms in total. The lowest BCUT2D eigenvalue weighted by atomic mass is 10.1. The van der Waals surface area contributed by atoms with Crippen LogP contribution >= 0.6 is 35.6 Å². The highest BCUT2D eigenvalue weighted by Gasteiger charge is 2.33. The molecule has 0 N–H and O–H groups in total.